The Kier molecular flexibility index (Phi) is 4.71. The summed E-state index contributed by atoms with van der Waals surface area (Å²) in [5.74, 6) is 2.68. The number of hydrogen-bond acceptors (Lipinski definition) is 2. The van der Waals surface area contributed by atoms with E-state index in [-0.39, 0.29) is 5.91 Å². The highest BCUT2D eigenvalue weighted by Crippen LogP contribution is 2.59. The lowest BCUT2D eigenvalue weighted by Crippen LogP contribution is -2.51. The van der Waals surface area contributed by atoms with Crippen LogP contribution in [0.1, 0.15) is 54.6 Å². The normalized spacial score (nSPS) is 28.1. The lowest BCUT2D eigenvalue weighted by molar-refractivity contribution is -0.0503. The molecule has 4 nitrogen and oxygen atoms in total. The average Bonchev–Trinajstić information content (AvgIpc) is 3.15. The van der Waals surface area contributed by atoms with Crippen LogP contribution in [-0.4, -0.2) is 22.2 Å². The van der Waals surface area contributed by atoms with Crippen molar-refractivity contribution in [3.63, 3.8) is 0 Å². The summed E-state index contributed by atoms with van der Waals surface area (Å²) in [4.78, 5) is 13.6. The Labute approximate surface area is 190 Å². The van der Waals surface area contributed by atoms with Crippen molar-refractivity contribution in [1.29, 1.82) is 0 Å². The van der Waals surface area contributed by atoms with Gasteiger partial charge in [0.1, 0.15) is 5.69 Å². The Balaban J connectivity index is 1.32. The van der Waals surface area contributed by atoms with Gasteiger partial charge in [0.25, 0.3) is 5.91 Å². The lowest BCUT2D eigenvalue weighted by Gasteiger charge is -2.56. The smallest absolute Gasteiger partial charge is 0.255 e. The second kappa shape index (κ2) is 7.61. The molecule has 2 aromatic carbocycles. The molecule has 0 spiro atoms. The number of nitrogens with one attached hydrogen (secondary N) is 1. The summed E-state index contributed by atoms with van der Waals surface area (Å²) in [5, 5.41) is 8.28. The number of benzene rings is 2. The van der Waals surface area contributed by atoms with Crippen molar-refractivity contribution in [2.24, 2.45) is 23.2 Å². The van der Waals surface area contributed by atoms with Crippen molar-refractivity contribution < 1.29 is 4.79 Å². The molecule has 4 bridgehead atoms. The lowest BCUT2D eigenvalue weighted by atomic mass is 9.49. The molecular weight excluding hydrogens is 394 g/mol. The first-order valence-corrected chi connectivity index (χ1v) is 12.1. The van der Waals surface area contributed by atoms with Crippen LogP contribution in [0.4, 0.5) is 0 Å². The minimum Gasteiger partial charge on any atom is -0.351 e. The number of nitrogens with zero attached hydrogens (tertiary/aromatic N) is 2. The highest BCUT2D eigenvalue weighted by molar-refractivity contribution is 6.01. The van der Waals surface area contributed by atoms with E-state index >= 15 is 0 Å². The summed E-state index contributed by atoms with van der Waals surface area (Å²) in [7, 11) is 0. The fraction of sp³-hybridized carbons (Fsp3) is 0.429. The van der Waals surface area contributed by atoms with Crippen molar-refractivity contribution in [3.8, 4) is 16.9 Å². The first kappa shape index (κ1) is 19.8. The Hall–Kier alpha value is -2.88. The Bertz CT molecular complexity index is 1100. The molecule has 0 saturated heterocycles. The van der Waals surface area contributed by atoms with Crippen LogP contribution in [0, 0.1) is 30.1 Å². The van der Waals surface area contributed by atoms with Gasteiger partial charge in [0.05, 0.1) is 16.9 Å². The van der Waals surface area contributed by atoms with Crippen molar-refractivity contribution in [3.05, 3.63) is 71.9 Å². The summed E-state index contributed by atoms with van der Waals surface area (Å²) in [6.07, 6.45) is 8.17. The summed E-state index contributed by atoms with van der Waals surface area (Å²) < 4.78 is 1.90. The highest BCUT2D eigenvalue weighted by Gasteiger charge is 2.50. The maximum atomic E-state index is 13.6. The van der Waals surface area contributed by atoms with Gasteiger partial charge in [-0.05, 0) is 80.8 Å². The molecule has 0 atom stereocenters. The number of para-hydroxylation sites is 1. The van der Waals surface area contributed by atoms with Gasteiger partial charge in [-0.2, -0.15) is 5.10 Å². The Morgan fingerprint density at radius 3 is 2.09 bits per heavy atom. The van der Waals surface area contributed by atoms with Crippen LogP contribution in [0.5, 0.6) is 0 Å². The molecule has 1 heterocycles. The van der Waals surface area contributed by atoms with Crippen molar-refractivity contribution in [1.82, 2.24) is 15.1 Å². The number of hydrogen-bond donors (Lipinski definition) is 1. The van der Waals surface area contributed by atoms with E-state index in [0.717, 1.165) is 46.9 Å². The van der Waals surface area contributed by atoms with Gasteiger partial charge >= 0.3 is 0 Å². The van der Waals surface area contributed by atoms with Crippen LogP contribution in [0.15, 0.2) is 60.7 Å². The zero-order chi connectivity index (χ0) is 21.7. The maximum Gasteiger partial charge on any atom is 0.255 e. The fourth-order valence-corrected chi connectivity index (χ4v) is 7.26. The topological polar surface area (TPSA) is 46.9 Å². The van der Waals surface area contributed by atoms with Crippen LogP contribution >= 0.6 is 0 Å². The van der Waals surface area contributed by atoms with E-state index in [2.05, 4.69) is 5.32 Å². The molecule has 1 amide bonds. The highest BCUT2D eigenvalue weighted by atomic mass is 16.1. The quantitative estimate of drug-likeness (QED) is 0.562. The average molecular weight is 426 g/mol. The van der Waals surface area contributed by atoms with Crippen molar-refractivity contribution in [2.45, 2.75) is 45.4 Å². The molecule has 32 heavy (non-hydrogen) atoms. The van der Waals surface area contributed by atoms with Crippen LogP contribution in [-0.2, 0) is 0 Å². The number of carbonyl (C=O) groups is 1. The monoisotopic (exact) mass is 425 g/mol. The zero-order valence-corrected chi connectivity index (χ0v) is 18.8. The molecule has 0 aliphatic heterocycles. The second-order valence-electron chi connectivity index (χ2n) is 10.5. The summed E-state index contributed by atoms with van der Waals surface area (Å²) in [6, 6.07) is 20.2. The van der Waals surface area contributed by atoms with Gasteiger partial charge < -0.3 is 5.32 Å². The van der Waals surface area contributed by atoms with Gasteiger partial charge in [0, 0.05) is 12.1 Å². The van der Waals surface area contributed by atoms with Gasteiger partial charge in [-0.3, -0.25) is 4.79 Å². The van der Waals surface area contributed by atoms with Crippen LogP contribution in [0.2, 0.25) is 0 Å². The van der Waals surface area contributed by atoms with E-state index in [4.69, 9.17) is 5.10 Å². The number of rotatable bonds is 5. The maximum absolute atomic E-state index is 13.6. The molecule has 4 heteroatoms. The zero-order valence-electron chi connectivity index (χ0n) is 18.8. The molecule has 4 saturated carbocycles. The third-order valence-corrected chi connectivity index (χ3v) is 8.18. The number of aromatic nitrogens is 2. The first-order valence-electron chi connectivity index (χ1n) is 12.1. The van der Waals surface area contributed by atoms with Crippen molar-refractivity contribution >= 4 is 5.91 Å². The van der Waals surface area contributed by atoms with Gasteiger partial charge in [-0.1, -0.05) is 48.5 Å². The molecule has 7 rings (SSSR count). The number of carbonyl (C=O) groups excluding carboxylic acids is 1. The molecule has 3 aromatic rings. The van der Waals surface area contributed by atoms with Crippen LogP contribution < -0.4 is 5.32 Å². The molecule has 1 N–H and O–H groups in total. The van der Waals surface area contributed by atoms with E-state index in [0.29, 0.717) is 11.0 Å². The summed E-state index contributed by atoms with van der Waals surface area (Å²) in [5.41, 5.74) is 4.62. The van der Waals surface area contributed by atoms with E-state index in [1.165, 1.54) is 38.5 Å². The number of amides is 1. The van der Waals surface area contributed by atoms with E-state index < -0.39 is 0 Å². The van der Waals surface area contributed by atoms with Gasteiger partial charge in [0.2, 0.25) is 0 Å². The Morgan fingerprint density at radius 2 is 1.50 bits per heavy atom. The molecule has 4 aliphatic rings. The molecule has 1 aromatic heterocycles. The Morgan fingerprint density at radius 1 is 0.938 bits per heavy atom. The second-order valence-corrected chi connectivity index (χ2v) is 10.5. The van der Waals surface area contributed by atoms with E-state index in [1.807, 2.05) is 72.3 Å². The summed E-state index contributed by atoms with van der Waals surface area (Å²) in [6.45, 7) is 2.81. The largest absolute Gasteiger partial charge is 0.351 e. The summed E-state index contributed by atoms with van der Waals surface area (Å²) >= 11 is 0. The van der Waals surface area contributed by atoms with Crippen molar-refractivity contribution in [2.75, 3.05) is 6.54 Å². The minimum atomic E-state index is 0.0132. The molecule has 0 unspecified atom stereocenters. The van der Waals surface area contributed by atoms with Crippen LogP contribution in [0.25, 0.3) is 16.9 Å². The SMILES string of the molecule is Cc1c(C(=O)NCC23CC4CC(CC(C4)C2)C3)c(-c2ccccc2)nn1-c1ccccc1. The molecule has 4 aliphatic carbocycles. The molecule has 0 radical (unpaired) electrons. The van der Waals surface area contributed by atoms with Gasteiger partial charge in [0.15, 0.2) is 0 Å². The minimum absolute atomic E-state index is 0.0132. The third kappa shape index (κ3) is 3.37. The fourth-order valence-electron chi connectivity index (χ4n) is 7.26. The van der Waals surface area contributed by atoms with Gasteiger partial charge in [-0.15, -0.1) is 0 Å². The van der Waals surface area contributed by atoms with E-state index in [9.17, 15) is 4.79 Å². The molecular formula is C28H31N3O. The standard InChI is InChI=1S/C28H31N3O/c1-19-25(27(32)29-18-28-15-20-12-21(16-28)14-22(13-20)17-28)26(23-8-4-2-5-9-23)30-31(19)24-10-6-3-7-11-24/h2-11,20-22H,12-18H2,1H3,(H,29,32). The third-order valence-electron chi connectivity index (χ3n) is 8.18. The first-order chi connectivity index (χ1) is 15.6. The predicted molar refractivity (Wildman–Crippen MR) is 127 cm³/mol. The van der Waals surface area contributed by atoms with Gasteiger partial charge in [-0.25, -0.2) is 4.68 Å². The van der Waals surface area contributed by atoms with E-state index in [1.54, 1.807) is 0 Å². The predicted octanol–water partition coefficient (Wildman–Crippen LogP) is 5.79. The molecule has 4 fully saturated rings. The molecule has 164 valence electrons. The van der Waals surface area contributed by atoms with Crippen LogP contribution in [0.3, 0.4) is 0 Å².